The van der Waals surface area contributed by atoms with Gasteiger partial charge in [-0.25, -0.2) is 0 Å². The van der Waals surface area contributed by atoms with Crippen LogP contribution >= 0.6 is 11.6 Å². The summed E-state index contributed by atoms with van der Waals surface area (Å²) in [6, 6.07) is 12.2. The SMILES string of the molecule is CC(=NO)c1ccc(NC(=O)c2ccc(C)c(Cl)c2)cc1. The van der Waals surface area contributed by atoms with Crippen molar-refractivity contribution >= 4 is 28.9 Å². The molecular formula is C16H15ClN2O2. The summed E-state index contributed by atoms with van der Waals surface area (Å²) >= 11 is 6.02. The third-order valence-electron chi connectivity index (χ3n) is 3.14. The van der Waals surface area contributed by atoms with Crippen LogP contribution in [0.1, 0.15) is 28.4 Å². The molecule has 0 aliphatic heterocycles. The third kappa shape index (κ3) is 3.61. The van der Waals surface area contributed by atoms with Gasteiger partial charge in [-0.05, 0) is 49.2 Å². The Morgan fingerprint density at radius 1 is 1.14 bits per heavy atom. The molecule has 1 amide bonds. The minimum atomic E-state index is -0.225. The normalized spacial score (nSPS) is 11.3. The first kappa shape index (κ1) is 15.1. The van der Waals surface area contributed by atoms with E-state index in [1.54, 1.807) is 49.4 Å². The number of nitrogens with zero attached hydrogens (tertiary/aromatic N) is 1. The first-order chi connectivity index (χ1) is 10.0. The second kappa shape index (κ2) is 6.41. The standard InChI is InChI=1S/C16H15ClN2O2/c1-10-3-4-13(9-15(10)17)16(20)18-14-7-5-12(6-8-14)11(2)19-21/h3-9,21H,1-2H3,(H,18,20). The molecular weight excluding hydrogens is 288 g/mol. The predicted molar refractivity (Wildman–Crippen MR) is 84.6 cm³/mol. The second-order valence-electron chi connectivity index (χ2n) is 4.68. The van der Waals surface area contributed by atoms with Gasteiger partial charge in [0.2, 0.25) is 0 Å². The molecule has 4 nitrogen and oxygen atoms in total. The van der Waals surface area contributed by atoms with Crippen molar-refractivity contribution in [3.05, 3.63) is 64.2 Å². The number of rotatable bonds is 3. The van der Waals surface area contributed by atoms with Gasteiger partial charge in [-0.3, -0.25) is 4.79 Å². The Labute approximate surface area is 128 Å². The van der Waals surface area contributed by atoms with Crippen LogP contribution in [0, 0.1) is 6.92 Å². The fraction of sp³-hybridized carbons (Fsp3) is 0.125. The zero-order valence-electron chi connectivity index (χ0n) is 11.7. The van der Waals surface area contributed by atoms with Crippen LogP contribution < -0.4 is 5.32 Å². The Balaban J connectivity index is 2.14. The zero-order valence-corrected chi connectivity index (χ0v) is 12.5. The second-order valence-corrected chi connectivity index (χ2v) is 5.09. The number of benzene rings is 2. The number of carbonyl (C=O) groups is 1. The molecule has 0 saturated heterocycles. The average molecular weight is 303 g/mol. The summed E-state index contributed by atoms with van der Waals surface area (Å²) in [7, 11) is 0. The van der Waals surface area contributed by atoms with Gasteiger partial charge >= 0.3 is 0 Å². The van der Waals surface area contributed by atoms with Crippen LogP contribution in [0.2, 0.25) is 5.02 Å². The van der Waals surface area contributed by atoms with Gasteiger partial charge in [0.05, 0.1) is 5.71 Å². The summed E-state index contributed by atoms with van der Waals surface area (Å²) in [5.74, 6) is -0.225. The molecule has 0 fully saturated rings. The summed E-state index contributed by atoms with van der Waals surface area (Å²) < 4.78 is 0. The fourth-order valence-electron chi connectivity index (χ4n) is 1.79. The van der Waals surface area contributed by atoms with Crippen LogP contribution in [-0.2, 0) is 0 Å². The van der Waals surface area contributed by atoms with Gasteiger partial charge < -0.3 is 10.5 Å². The molecule has 0 unspecified atom stereocenters. The van der Waals surface area contributed by atoms with Gasteiger partial charge in [0.1, 0.15) is 0 Å². The lowest BCUT2D eigenvalue weighted by atomic mass is 10.1. The Morgan fingerprint density at radius 3 is 2.33 bits per heavy atom. The van der Waals surface area contributed by atoms with E-state index in [0.29, 0.717) is 22.0 Å². The number of hydrogen-bond donors (Lipinski definition) is 2. The molecule has 2 N–H and O–H groups in total. The summed E-state index contributed by atoms with van der Waals surface area (Å²) in [5.41, 5.74) is 3.39. The Hall–Kier alpha value is -2.33. The molecule has 2 aromatic rings. The lowest BCUT2D eigenvalue weighted by Crippen LogP contribution is -2.12. The average Bonchev–Trinajstić information content (AvgIpc) is 2.50. The van der Waals surface area contributed by atoms with E-state index in [4.69, 9.17) is 16.8 Å². The van der Waals surface area contributed by atoms with E-state index >= 15 is 0 Å². The molecule has 0 aromatic heterocycles. The maximum absolute atomic E-state index is 12.1. The molecule has 2 aromatic carbocycles. The first-order valence-corrected chi connectivity index (χ1v) is 6.75. The molecule has 5 heteroatoms. The minimum Gasteiger partial charge on any atom is -0.411 e. The van der Waals surface area contributed by atoms with Crippen molar-refractivity contribution in [3.8, 4) is 0 Å². The topological polar surface area (TPSA) is 61.7 Å². The van der Waals surface area contributed by atoms with Crippen molar-refractivity contribution in [1.82, 2.24) is 0 Å². The fourth-order valence-corrected chi connectivity index (χ4v) is 1.97. The van der Waals surface area contributed by atoms with E-state index in [1.807, 2.05) is 6.92 Å². The van der Waals surface area contributed by atoms with Crippen LogP contribution in [0.4, 0.5) is 5.69 Å². The molecule has 0 radical (unpaired) electrons. The smallest absolute Gasteiger partial charge is 0.255 e. The van der Waals surface area contributed by atoms with Crippen molar-refractivity contribution in [3.63, 3.8) is 0 Å². The number of halogens is 1. The van der Waals surface area contributed by atoms with Crippen LogP contribution in [0.5, 0.6) is 0 Å². The van der Waals surface area contributed by atoms with Gasteiger partial charge in [0, 0.05) is 16.3 Å². The van der Waals surface area contributed by atoms with E-state index in [9.17, 15) is 4.79 Å². The Morgan fingerprint density at radius 2 is 1.76 bits per heavy atom. The lowest BCUT2D eigenvalue weighted by molar-refractivity contribution is 0.102. The molecule has 2 rings (SSSR count). The number of aryl methyl sites for hydroxylation is 1. The van der Waals surface area contributed by atoms with Crippen LogP contribution in [0.3, 0.4) is 0 Å². The summed E-state index contributed by atoms with van der Waals surface area (Å²) in [5, 5.41) is 15.2. The van der Waals surface area contributed by atoms with E-state index in [-0.39, 0.29) is 5.91 Å². The lowest BCUT2D eigenvalue weighted by Gasteiger charge is -2.07. The quantitative estimate of drug-likeness (QED) is 0.509. The van der Waals surface area contributed by atoms with Crippen molar-refractivity contribution < 1.29 is 10.0 Å². The highest BCUT2D eigenvalue weighted by Crippen LogP contribution is 2.18. The van der Waals surface area contributed by atoms with E-state index < -0.39 is 0 Å². The molecule has 108 valence electrons. The maximum atomic E-state index is 12.1. The third-order valence-corrected chi connectivity index (χ3v) is 3.55. The molecule has 0 aliphatic rings. The Bertz CT molecular complexity index is 694. The van der Waals surface area contributed by atoms with Crippen molar-refractivity contribution in [2.75, 3.05) is 5.32 Å². The number of hydrogen-bond acceptors (Lipinski definition) is 3. The van der Waals surface area contributed by atoms with E-state index in [0.717, 1.165) is 11.1 Å². The van der Waals surface area contributed by atoms with Gasteiger partial charge in [-0.1, -0.05) is 35.0 Å². The molecule has 0 aliphatic carbocycles. The number of oxime groups is 1. The van der Waals surface area contributed by atoms with Gasteiger partial charge in [0.15, 0.2) is 0 Å². The highest BCUT2D eigenvalue weighted by atomic mass is 35.5. The van der Waals surface area contributed by atoms with Gasteiger partial charge in [-0.15, -0.1) is 0 Å². The predicted octanol–water partition coefficient (Wildman–Crippen LogP) is 4.10. The van der Waals surface area contributed by atoms with Crippen LogP contribution in [0.25, 0.3) is 0 Å². The Kier molecular flexibility index (Phi) is 4.60. The first-order valence-electron chi connectivity index (χ1n) is 6.38. The van der Waals surface area contributed by atoms with Crippen LogP contribution in [-0.4, -0.2) is 16.8 Å². The highest BCUT2D eigenvalue weighted by Gasteiger charge is 2.08. The summed E-state index contributed by atoms with van der Waals surface area (Å²) in [4.78, 5) is 12.1. The van der Waals surface area contributed by atoms with Gasteiger partial charge in [0.25, 0.3) is 5.91 Å². The van der Waals surface area contributed by atoms with E-state index in [2.05, 4.69) is 10.5 Å². The van der Waals surface area contributed by atoms with Crippen molar-refractivity contribution in [1.29, 1.82) is 0 Å². The number of amides is 1. The van der Waals surface area contributed by atoms with Crippen molar-refractivity contribution in [2.24, 2.45) is 5.16 Å². The summed E-state index contributed by atoms with van der Waals surface area (Å²) in [6.07, 6.45) is 0. The monoisotopic (exact) mass is 302 g/mol. The molecule has 21 heavy (non-hydrogen) atoms. The summed E-state index contributed by atoms with van der Waals surface area (Å²) in [6.45, 7) is 3.58. The highest BCUT2D eigenvalue weighted by molar-refractivity contribution is 6.31. The van der Waals surface area contributed by atoms with Gasteiger partial charge in [-0.2, -0.15) is 0 Å². The van der Waals surface area contributed by atoms with Crippen LogP contribution in [0.15, 0.2) is 47.6 Å². The molecule has 0 spiro atoms. The molecule has 0 saturated carbocycles. The number of nitrogens with one attached hydrogen (secondary N) is 1. The van der Waals surface area contributed by atoms with E-state index in [1.165, 1.54) is 0 Å². The maximum Gasteiger partial charge on any atom is 0.255 e. The molecule has 0 heterocycles. The largest absolute Gasteiger partial charge is 0.411 e. The molecule has 0 atom stereocenters. The number of anilines is 1. The van der Waals surface area contributed by atoms with Crippen molar-refractivity contribution in [2.45, 2.75) is 13.8 Å². The molecule has 0 bridgehead atoms. The minimum absolute atomic E-state index is 0.225. The number of carbonyl (C=O) groups excluding carboxylic acids is 1. The zero-order chi connectivity index (χ0) is 15.4.